The second-order valence-corrected chi connectivity index (χ2v) is 7.68. The van der Waals surface area contributed by atoms with Crippen LogP contribution in [0.3, 0.4) is 0 Å². The van der Waals surface area contributed by atoms with Gasteiger partial charge in [0.15, 0.2) is 5.82 Å². The lowest BCUT2D eigenvalue weighted by Crippen LogP contribution is -2.49. The van der Waals surface area contributed by atoms with Gasteiger partial charge < -0.3 is 25.3 Å². The summed E-state index contributed by atoms with van der Waals surface area (Å²) in [5, 5.41) is 6.18. The lowest BCUT2D eigenvalue weighted by Gasteiger charge is -2.36. The van der Waals surface area contributed by atoms with Gasteiger partial charge in [-0.25, -0.2) is 4.98 Å². The first-order valence-electron chi connectivity index (χ1n) is 10.6. The number of amides is 2. The van der Waals surface area contributed by atoms with Crippen molar-refractivity contribution in [2.24, 2.45) is 0 Å². The fourth-order valence-electron chi connectivity index (χ4n) is 3.41. The Bertz CT molecular complexity index is 884. The Morgan fingerprint density at radius 1 is 1.09 bits per heavy atom. The van der Waals surface area contributed by atoms with Crippen LogP contribution in [-0.2, 0) is 0 Å². The molecule has 3 rings (SSSR count). The lowest BCUT2D eigenvalue weighted by atomic mass is 10.2. The first-order valence-corrected chi connectivity index (χ1v) is 10.6. The minimum atomic E-state index is -0.186. The van der Waals surface area contributed by atoms with E-state index < -0.39 is 0 Å². The van der Waals surface area contributed by atoms with Crippen LogP contribution in [0.4, 0.5) is 11.5 Å². The number of hydrogen-bond acceptors (Lipinski definition) is 7. The Labute approximate surface area is 195 Å². The van der Waals surface area contributed by atoms with Gasteiger partial charge >= 0.3 is 0 Å². The molecular formula is C22H32ClN7O2. The molecule has 0 unspecified atom stereocenters. The highest BCUT2D eigenvalue weighted by atomic mass is 35.5. The number of piperazine rings is 1. The maximum absolute atomic E-state index is 12.9. The molecule has 1 fully saturated rings. The summed E-state index contributed by atoms with van der Waals surface area (Å²) in [5.74, 6) is 0.611. The molecule has 0 saturated carbocycles. The number of aromatic nitrogens is 2. The van der Waals surface area contributed by atoms with Gasteiger partial charge in [-0.15, -0.1) is 12.4 Å². The van der Waals surface area contributed by atoms with E-state index in [9.17, 15) is 9.59 Å². The van der Waals surface area contributed by atoms with Crippen LogP contribution in [0.1, 0.15) is 27.8 Å². The van der Waals surface area contributed by atoms with Crippen LogP contribution in [0, 0.1) is 0 Å². The molecule has 0 aromatic carbocycles. The summed E-state index contributed by atoms with van der Waals surface area (Å²) >= 11 is 0. The highest BCUT2D eigenvalue weighted by Crippen LogP contribution is 2.24. The van der Waals surface area contributed by atoms with E-state index in [1.54, 1.807) is 23.2 Å². The highest BCUT2D eigenvalue weighted by molar-refractivity contribution is 5.96. The summed E-state index contributed by atoms with van der Waals surface area (Å²) < 4.78 is 0. The molecule has 0 atom stereocenters. The monoisotopic (exact) mass is 461 g/mol. The normalized spacial score (nSPS) is 13.5. The Morgan fingerprint density at radius 2 is 1.84 bits per heavy atom. The minimum Gasteiger partial charge on any atom is -0.382 e. The van der Waals surface area contributed by atoms with E-state index in [0.29, 0.717) is 44.0 Å². The first-order chi connectivity index (χ1) is 15.0. The van der Waals surface area contributed by atoms with E-state index in [4.69, 9.17) is 0 Å². The molecule has 3 heterocycles. The van der Waals surface area contributed by atoms with Crippen molar-refractivity contribution in [3.8, 4) is 0 Å². The second kappa shape index (κ2) is 12.2. The average molecular weight is 462 g/mol. The van der Waals surface area contributed by atoms with Gasteiger partial charge in [0.25, 0.3) is 11.8 Å². The van der Waals surface area contributed by atoms with Crippen molar-refractivity contribution < 1.29 is 9.59 Å². The first kappa shape index (κ1) is 25.4. The van der Waals surface area contributed by atoms with Crippen molar-refractivity contribution >= 4 is 35.7 Å². The van der Waals surface area contributed by atoms with Crippen LogP contribution in [0.15, 0.2) is 36.7 Å². The predicted molar refractivity (Wildman–Crippen MR) is 129 cm³/mol. The number of hydrogen-bond donors (Lipinski definition) is 2. The van der Waals surface area contributed by atoms with Crippen molar-refractivity contribution in [2.45, 2.75) is 6.92 Å². The molecule has 0 spiro atoms. The summed E-state index contributed by atoms with van der Waals surface area (Å²) in [7, 11) is 3.90. The van der Waals surface area contributed by atoms with Gasteiger partial charge in [0, 0.05) is 58.2 Å². The zero-order valence-corrected chi connectivity index (χ0v) is 19.7. The third kappa shape index (κ3) is 6.54. The number of anilines is 2. The maximum atomic E-state index is 12.9. The van der Waals surface area contributed by atoms with Gasteiger partial charge in [0.05, 0.1) is 11.3 Å². The molecule has 2 aromatic rings. The predicted octanol–water partition coefficient (Wildman–Crippen LogP) is 1.58. The Balaban J connectivity index is 0.00000363. The van der Waals surface area contributed by atoms with Crippen LogP contribution >= 0.6 is 12.4 Å². The van der Waals surface area contributed by atoms with Crippen LogP contribution in [0.25, 0.3) is 0 Å². The van der Waals surface area contributed by atoms with Crippen molar-refractivity contribution in [1.29, 1.82) is 0 Å². The summed E-state index contributed by atoms with van der Waals surface area (Å²) in [6, 6.07) is 7.21. The van der Waals surface area contributed by atoms with Gasteiger partial charge in [-0.2, -0.15) is 0 Å². The van der Waals surface area contributed by atoms with Gasteiger partial charge in [-0.3, -0.25) is 14.6 Å². The van der Waals surface area contributed by atoms with E-state index in [0.717, 1.165) is 24.6 Å². The highest BCUT2D eigenvalue weighted by Gasteiger charge is 2.25. The number of likely N-dealkylation sites (N-methyl/N-ethyl adjacent to an activating group) is 1. The zero-order chi connectivity index (χ0) is 22.2. The maximum Gasteiger partial charge on any atom is 0.272 e. The van der Waals surface area contributed by atoms with Crippen molar-refractivity contribution in [3.63, 3.8) is 0 Å². The standard InChI is InChI=1S/C22H31N7O2.ClH/c1-4-23-18-6-5-9-24-20(18)28-12-14-29(15-13-28)22(31)19-8-7-17(16-26-19)21(30)25-10-11-27(2)3;/h5-9,16,23H,4,10-15H2,1-3H3,(H,25,30);1H. The number of carbonyl (C=O) groups excluding carboxylic acids is 2. The quantitative estimate of drug-likeness (QED) is 0.616. The molecule has 0 radical (unpaired) electrons. The molecule has 0 bridgehead atoms. The number of halogens is 1. The Hall–Kier alpha value is -2.91. The number of nitrogens with one attached hydrogen (secondary N) is 2. The van der Waals surface area contributed by atoms with E-state index in [1.807, 2.05) is 31.1 Å². The van der Waals surface area contributed by atoms with Gasteiger partial charge in [-0.1, -0.05) is 0 Å². The van der Waals surface area contributed by atoms with Crippen LogP contribution < -0.4 is 15.5 Å². The molecule has 10 heteroatoms. The fourth-order valence-corrected chi connectivity index (χ4v) is 3.41. The molecule has 32 heavy (non-hydrogen) atoms. The zero-order valence-electron chi connectivity index (χ0n) is 18.9. The molecule has 0 aliphatic carbocycles. The number of carbonyl (C=O) groups is 2. The van der Waals surface area contributed by atoms with E-state index in [2.05, 4.69) is 32.4 Å². The summed E-state index contributed by atoms with van der Waals surface area (Å²) in [6.45, 7) is 6.79. The van der Waals surface area contributed by atoms with E-state index >= 15 is 0 Å². The third-order valence-electron chi connectivity index (χ3n) is 5.11. The van der Waals surface area contributed by atoms with E-state index in [1.165, 1.54) is 6.20 Å². The summed E-state index contributed by atoms with van der Waals surface area (Å²) in [6.07, 6.45) is 3.25. The Kier molecular flexibility index (Phi) is 9.67. The van der Waals surface area contributed by atoms with Crippen molar-refractivity contribution in [1.82, 2.24) is 25.1 Å². The minimum absolute atomic E-state index is 0. The molecule has 2 aromatic heterocycles. The number of pyridine rings is 2. The van der Waals surface area contributed by atoms with Crippen molar-refractivity contribution in [2.75, 3.05) is 70.1 Å². The molecule has 1 aliphatic rings. The number of rotatable bonds is 8. The third-order valence-corrected chi connectivity index (χ3v) is 5.11. The topological polar surface area (TPSA) is 93.7 Å². The lowest BCUT2D eigenvalue weighted by molar-refractivity contribution is 0.0740. The van der Waals surface area contributed by atoms with Crippen LogP contribution in [-0.4, -0.2) is 91.5 Å². The smallest absolute Gasteiger partial charge is 0.272 e. The van der Waals surface area contributed by atoms with Gasteiger partial charge in [-0.05, 0) is 45.3 Å². The average Bonchev–Trinajstić information content (AvgIpc) is 2.79. The molecule has 1 saturated heterocycles. The fraction of sp³-hybridized carbons (Fsp3) is 0.455. The molecular weight excluding hydrogens is 430 g/mol. The van der Waals surface area contributed by atoms with Crippen LogP contribution in [0.2, 0.25) is 0 Å². The van der Waals surface area contributed by atoms with Gasteiger partial charge in [0.2, 0.25) is 0 Å². The largest absolute Gasteiger partial charge is 0.382 e. The summed E-state index contributed by atoms with van der Waals surface area (Å²) in [4.78, 5) is 39.8. The molecule has 174 valence electrons. The van der Waals surface area contributed by atoms with Crippen molar-refractivity contribution in [3.05, 3.63) is 47.9 Å². The van der Waals surface area contributed by atoms with Gasteiger partial charge in [0.1, 0.15) is 5.69 Å². The summed E-state index contributed by atoms with van der Waals surface area (Å²) in [5.41, 5.74) is 1.81. The molecule has 2 N–H and O–H groups in total. The van der Waals surface area contributed by atoms with E-state index in [-0.39, 0.29) is 24.2 Å². The SMILES string of the molecule is CCNc1cccnc1N1CCN(C(=O)c2ccc(C(=O)NCCN(C)C)cn2)CC1.Cl. The van der Waals surface area contributed by atoms with Crippen LogP contribution in [0.5, 0.6) is 0 Å². The molecule has 9 nitrogen and oxygen atoms in total. The second-order valence-electron chi connectivity index (χ2n) is 7.68. The molecule has 2 amide bonds. The number of nitrogens with zero attached hydrogens (tertiary/aromatic N) is 5. The molecule has 1 aliphatic heterocycles. The Morgan fingerprint density at radius 3 is 2.47 bits per heavy atom.